The van der Waals surface area contributed by atoms with Crippen LogP contribution in [0.4, 0.5) is 5.82 Å². The average Bonchev–Trinajstić information content (AvgIpc) is 2.51. The van der Waals surface area contributed by atoms with Crippen LogP contribution in [-0.2, 0) is 9.59 Å². The Morgan fingerprint density at radius 2 is 2.00 bits per heavy atom. The van der Waals surface area contributed by atoms with Crippen molar-refractivity contribution >= 4 is 23.8 Å². The Hall–Kier alpha value is -3.15. The zero-order valence-corrected chi connectivity index (χ0v) is 11.7. The van der Waals surface area contributed by atoms with Gasteiger partial charge in [-0.15, -0.1) is 0 Å². The third-order valence-electron chi connectivity index (χ3n) is 2.79. The van der Waals surface area contributed by atoms with Crippen molar-refractivity contribution in [1.29, 1.82) is 0 Å². The van der Waals surface area contributed by atoms with Gasteiger partial charge >= 0.3 is 5.97 Å². The Morgan fingerprint density at radius 3 is 2.73 bits per heavy atom. The lowest BCUT2D eigenvalue weighted by molar-refractivity contribution is -0.131. The number of hydrogen-bond acceptors (Lipinski definition) is 4. The van der Waals surface area contributed by atoms with Crippen molar-refractivity contribution in [2.24, 2.45) is 5.73 Å². The molecule has 0 spiro atoms. The largest absolute Gasteiger partial charge is 0.478 e. The second-order valence-electron chi connectivity index (χ2n) is 4.52. The van der Waals surface area contributed by atoms with Crippen molar-refractivity contribution in [3.63, 3.8) is 0 Å². The zero-order chi connectivity index (χ0) is 15.9. The minimum absolute atomic E-state index is 0.0117. The van der Waals surface area contributed by atoms with Crippen molar-refractivity contribution in [1.82, 2.24) is 4.98 Å². The van der Waals surface area contributed by atoms with Crippen LogP contribution in [0.2, 0.25) is 0 Å². The molecule has 0 radical (unpaired) electrons. The molecule has 1 heterocycles. The number of carboxylic acids is 1. The number of rotatable bonds is 6. The van der Waals surface area contributed by atoms with E-state index >= 15 is 0 Å². The molecule has 1 amide bonds. The SMILES string of the molecule is NC(=O)CNc1cccc(-c2cccc(/C=C/C(=O)O)c2)n1. The summed E-state index contributed by atoms with van der Waals surface area (Å²) in [5, 5.41) is 11.5. The Labute approximate surface area is 127 Å². The molecule has 2 rings (SSSR count). The average molecular weight is 297 g/mol. The van der Waals surface area contributed by atoms with Gasteiger partial charge in [0.25, 0.3) is 0 Å². The molecule has 112 valence electrons. The number of carbonyl (C=O) groups is 2. The van der Waals surface area contributed by atoms with E-state index in [4.69, 9.17) is 10.8 Å². The van der Waals surface area contributed by atoms with Crippen molar-refractivity contribution in [2.45, 2.75) is 0 Å². The van der Waals surface area contributed by atoms with Crippen LogP contribution in [0.5, 0.6) is 0 Å². The first-order valence-corrected chi connectivity index (χ1v) is 6.55. The number of anilines is 1. The summed E-state index contributed by atoms with van der Waals surface area (Å²) in [6.07, 6.45) is 2.60. The molecule has 0 atom stereocenters. The smallest absolute Gasteiger partial charge is 0.328 e. The van der Waals surface area contributed by atoms with Crippen molar-refractivity contribution in [3.8, 4) is 11.3 Å². The Kier molecular flexibility index (Phi) is 4.87. The number of nitrogens with two attached hydrogens (primary N) is 1. The number of primary amides is 1. The number of nitrogens with zero attached hydrogens (tertiary/aromatic N) is 1. The van der Waals surface area contributed by atoms with Crippen molar-refractivity contribution < 1.29 is 14.7 Å². The van der Waals surface area contributed by atoms with Gasteiger partial charge in [0, 0.05) is 11.6 Å². The highest BCUT2D eigenvalue weighted by Gasteiger charge is 2.02. The highest BCUT2D eigenvalue weighted by Crippen LogP contribution is 2.20. The molecule has 6 heteroatoms. The van der Waals surface area contributed by atoms with Gasteiger partial charge in [-0.3, -0.25) is 4.79 Å². The maximum absolute atomic E-state index is 10.8. The van der Waals surface area contributed by atoms with E-state index in [9.17, 15) is 9.59 Å². The first-order valence-electron chi connectivity index (χ1n) is 6.55. The van der Waals surface area contributed by atoms with Crippen molar-refractivity contribution in [3.05, 3.63) is 54.1 Å². The third-order valence-corrected chi connectivity index (χ3v) is 2.79. The summed E-state index contributed by atoms with van der Waals surface area (Å²) in [6.45, 7) is 0.0117. The predicted molar refractivity (Wildman–Crippen MR) is 84.0 cm³/mol. The Balaban J connectivity index is 2.24. The number of aromatic nitrogens is 1. The van der Waals surface area contributed by atoms with Crippen LogP contribution in [0.15, 0.2) is 48.5 Å². The second kappa shape index (κ2) is 7.03. The lowest BCUT2D eigenvalue weighted by atomic mass is 10.1. The monoisotopic (exact) mass is 297 g/mol. The fraction of sp³-hybridized carbons (Fsp3) is 0.0625. The predicted octanol–water partition coefficient (Wildman–Crippen LogP) is 1.74. The molecular formula is C16H15N3O3. The highest BCUT2D eigenvalue weighted by molar-refractivity contribution is 5.85. The number of hydrogen-bond donors (Lipinski definition) is 3. The van der Waals surface area contributed by atoms with E-state index < -0.39 is 11.9 Å². The molecule has 0 saturated carbocycles. The van der Waals surface area contributed by atoms with Gasteiger partial charge < -0.3 is 16.2 Å². The van der Waals surface area contributed by atoms with Crippen LogP contribution in [0, 0.1) is 0 Å². The van der Waals surface area contributed by atoms with Crippen LogP contribution in [-0.4, -0.2) is 28.5 Å². The van der Waals surface area contributed by atoms with E-state index in [0.717, 1.165) is 17.2 Å². The first-order chi connectivity index (χ1) is 10.5. The van der Waals surface area contributed by atoms with Gasteiger partial charge in [0.05, 0.1) is 12.2 Å². The zero-order valence-electron chi connectivity index (χ0n) is 11.7. The molecule has 0 saturated heterocycles. The quantitative estimate of drug-likeness (QED) is 0.704. The number of pyridine rings is 1. The van der Waals surface area contributed by atoms with E-state index in [-0.39, 0.29) is 6.54 Å². The fourth-order valence-electron chi connectivity index (χ4n) is 1.84. The summed E-state index contributed by atoms with van der Waals surface area (Å²) in [7, 11) is 0. The lowest BCUT2D eigenvalue weighted by Crippen LogP contribution is -2.22. The van der Waals surface area contributed by atoms with E-state index in [0.29, 0.717) is 11.5 Å². The lowest BCUT2D eigenvalue weighted by Gasteiger charge is -2.06. The number of carboxylic acid groups (broad SMARTS) is 1. The van der Waals surface area contributed by atoms with E-state index in [1.54, 1.807) is 12.1 Å². The molecule has 0 aliphatic carbocycles. The van der Waals surface area contributed by atoms with Gasteiger partial charge in [0.15, 0.2) is 0 Å². The molecule has 2 aromatic rings. The molecular weight excluding hydrogens is 282 g/mol. The standard InChI is InChI=1S/C16H15N3O3/c17-14(20)10-18-15-6-2-5-13(19-15)12-4-1-3-11(9-12)7-8-16(21)22/h1-9H,10H2,(H2,17,20)(H,18,19)(H,21,22)/b8-7+. The number of amides is 1. The molecule has 22 heavy (non-hydrogen) atoms. The fourth-order valence-corrected chi connectivity index (χ4v) is 1.84. The van der Waals surface area contributed by atoms with E-state index in [1.165, 1.54) is 6.08 Å². The molecule has 0 bridgehead atoms. The number of benzene rings is 1. The normalized spacial score (nSPS) is 10.5. The van der Waals surface area contributed by atoms with Crippen LogP contribution >= 0.6 is 0 Å². The molecule has 4 N–H and O–H groups in total. The van der Waals surface area contributed by atoms with Crippen LogP contribution in [0.1, 0.15) is 5.56 Å². The molecule has 0 fully saturated rings. The van der Waals surface area contributed by atoms with Crippen LogP contribution in [0.25, 0.3) is 17.3 Å². The summed E-state index contributed by atoms with van der Waals surface area (Å²) < 4.78 is 0. The number of carbonyl (C=O) groups excluding carboxylic acids is 1. The van der Waals surface area contributed by atoms with E-state index in [2.05, 4.69) is 10.3 Å². The highest BCUT2D eigenvalue weighted by atomic mass is 16.4. The van der Waals surface area contributed by atoms with Gasteiger partial charge in [0.1, 0.15) is 5.82 Å². The number of nitrogens with one attached hydrogen (secondary N) is 1. The Morgan fingerprint density at radius 1 is 1.23 bits per heavy atom. The van der Waals surface area contributed by atoms with Crippen LogP contribution < -0.4 is 11.1 Å². The Bertz CT molecular complexity index is 726. The summed E-state index contributed by atoms with van der Waals surface area (Å²) in [5.74, 6) is -0.919. The molecule has 0 aliphatic rings. The van der Waals surface area contributed by atoms with Crippen LogP contribution in [0.3, 0.4) is 0 Å². The second-order valence-corrected chi connectivity index (χ2v) is 4.52. The molecule has 1 aromatic heterocycles. The molecule has 0 unspecified atom stereocenters. The maximum atomic E-state index is 10.8. The molecule has 0 aliphatic heterocycles. The summed E-state index contributed by atoms with van der Waals surface area (Å²) >= 11 is 0. The van der Waals surface area contributed by atoms with Gasteiger partial charge in [-0.2, -0.15) is 0 Å². The topological polar surface area (TPSA) is 105 Å². The minimum atomic E-state index is -0.999. The maximum Gasteiger partial charge on any atom is 0.328 e. The van der Waals surface area contributed by atoms with Crippen molar-refractivity contribution in [2.75, 3.05) is 11.9 Å². The van der Waals surface area contributed by atoms with Gasteiger partial charge in [-0.1, -0.05) is 24.3 Å². The summed E-state index contributed by atoms with van der Waals surface area (Å²) in [4.78, 5) is 25.7. The third kappa shape index (κ3) is 4.45. The molecule has 1 aromatic carbocycles. The molecule has 6 nitrogen and oxygen atoms in total. The summed E-state index contributed by atoms with van der Waals surface area (Å²) in [5.41, 5.74) is 7.39. The van der Waals surface area contributed by atoms with Gasteiger partial charge in [-0.05, 0) is 29.8 Å². The first kappa shape index (κ1) is 15.2. The van der Waals surface area contributed by atoms with E-state index in [1.807, 2.05) is 30.3 Å². The van der Waals surface area contributed by atoms with Gasteiger partial charge in [0.2, 0.25) is 5.91 Å². The minimum Gasteiger partial charge on any atom is -0.478 e. The van der Waals surface area contributed by atoms with Gasteiger partial charge in [-0.25, -0.2) is 9.78 Å². The summed E-state index contributed by atoms with van der Waals surface area (Å²) in [6, 6.07) is 12.7. The number of aliphatic carboxylic acids is 1.